The van der Waals surface area contributed by atoms with Crippen LogP contribution < -0.4 is 16.4 Å². The van der Waals surface area contributed by atoms with Crippen molar-refractivity contribution in [2.24, 2.45) is 0 Å². The van der Waals surface area contributed by atoms with E-state index in [1.54, 1.807) is 14.2 Å². The monoisotopic (exact) mass is 311 g/mol. The van der Waals surface area contributed by atoms with E-state index in [0.717, 1.165) is 19.3 Å². The number of nitrogens with two attached hydrogens (primary N) is 1. The molecule has 4 N–H and O–H groups in total. The summed E-state index contributed by atoms with van der Waals surface area (Å²) in [6.45, 7) is 1.45. The molecule has 0 bridgehead atoms. The fraction of sp³-hybridized carbons (Fsp3) is 0.571. The van der Waals surface area contributed by atoms with Crippen molar-refractivity contribution in [2.45, 2.75) is 38.3 Å². The number of Topliss-reactive ketones (excluding diaryl/α,β-unsaturated/α-hetero) is 1. The molecule has 2 unspecified atom stereocenters. The van der Waals surface area contributed by atoms with Gasteiger partial charge in [-0.3, -0.25) is 9.59 Å². The van der Waals surface area contributed by atoms with E-state index in [1.165, 1.54) is 18.3 Å². The van der Waals surface area contributed by atoms with Gasteiger partial charge < -0.3 is 21.1 Å². The van der Waals surface area contributed by atoms with E-state index < -0.39 is 0 Å². The number of ketones is 1. The number of carbonyl (C=O) groups excluding carboxylic acids is 2. The summed E-state index contributed by atoms with van der Waals surface area (Å²) in [5, 5.41) is 6.56. The molecule has 0 saturated heterocycles. The van der Waals surface area contributed by atoms with Crippen LogP contribution in [-0.4, -0.2) is 38.0 Å². The number of anilines is 2. The Morgan fingerprint density at radius 3 is 2.67 bits per heavy atom. The van der Waals surface area contributed by atoms with E-state index in [1.807, 2.05) is 0 Å². The number of hydrogen-bond acceptors (Lipinski definition) is 6. The summed E-state index contributed by atoms with van der Waals surface area (Å²) in [4.78, 5) is 24.1. The van der Waals surface area contributed by atoms with Gasteiger partial charge >= 0.3 is 0 Å². The maximum absolute atomic E-state index is 12.0. The molecule has 2 rings (SSSR count). The Labute approximate surface area is 128 Å². The van der Waals surface area contributed by atoms with Crippen LogP contribution in [0.2, 0.25) is 0 Å². The number of methoxy groups -OCH3 is 1. The Bertz CT molecular complexity index is 556. The van der Waals surface area contributed by atoms with Crippen molar-refractivity contribution in [1.82, 2.24) is 5.32 Å². The molecule has 0 aliphatic heterocycles. The van der Waals surface area contributed by atoms with Crippen molar-refractivity contribution in [3.63, 3.8) is 0 Å². The van der Waals surface area contributed by atoms with Crippen LogP contribution in [0.5, 0.6) is 0 Å². The Hall–Kier alpha value is -1.60. The molecule has 116 valence electrons. The molecular weight excluding hydrogens is 290 g/mol. The summed E-state index contributed by atoms with van der Waals surface area (Å²) in [7, 11) is 3.23. The number of rotatable bonds is 5. The lowest BCUT2D eigenvalue weighted by Gasteiger charge is -2.20. The molecule has 6 nitrogen and oxygen atoms in total. The lowest BCUT2D eigenvalue weighted by molar-refractivity contribution is 0.0961. The first kappa shape index (κ1) is 15.8. The number of thiophene rings is 1. The van der Waals surface area contributed by atoms with E-state index in [9.17, 15) is 9.59 Å². The topological polar surface area (TPSA) is 93.5 Å². The first-order valence-electron chi connectivity index (χ1n) is 6.94. The van der Waals surface area contributed by atoms with Crippen LogP contribution in [0.3, 0.4) is 0 Å². The molecular formula is C14H21N3O3S. The van der Waals surface area contributed by atoms with Crippen LogP contribution in [0.25, 0.3) is 0 Å². The van der Waals surface area contributed by atoms with Crippen LogP contribution in [0.4, 0.5) is 10.7 Å². The second-order valence-corrected chi connectivity index (χ2v) is 6.16. The fourth-order valence-corrected chi connectivity index (χ4v) is 3.77. The second-order valence-electron chi connectivity index (χ2n) is 5.14. The largest absolute Gasteiger partial charge is 0.397 e. The SMILES string of the molecule is CNC(=O)c1c(NC2CCCC2OC)sc(C(C)=O)c1N. The van der Waals surface area contributed by atoms with E-state index in [4.69, 9.17) is 10.5 Å². The summed E-state index contributed by atoms with van der Waals surface area (Å²) >= 11 is 1.24. The van der Waals surface area contributed by atoms with Crippen LogP contribution in [0, 0.1) is 0 Å². The summed E-state index contributed by atoms with van der Waals surface area (Å²) in [5.41, 5.74) is 6.59. The normalized spacial score (nSPS) is 21.3. The Balaban J connectivity index is 2.35. The zero-order valence-electron chi connectivity index (χ0n) is 12.5. The van der Waals surface area contributed by atoms with Gasteiger partial charge in [-0.2, -0.15) is 0 Å². The molecule has 0 radical (unpaired) electrons. The van der Waals surface area contributed by atoms with Crippen LogP contribution in [0.15, 0.2) is 0 Å². The number of carbonyl (C=O) groups is 2. The van der Waals surface area contributed by atoms with E-state index in [2.05, 4.69) is 10.6 Å². The zero-order valence-corrected chi connectivity index (χ0v) is 13.3. The lowest BCUT2D eigenvalue weighted by Crippen LogP contribution is -2.30. The highest BCUT2D eigenvalue weighted by Crippen LogP contribution is 2.38. The molecule has 0 aromatic carbocycles. The first-order chi connectivity index (χ1) is 9.99. The molecule has 1 heterocycles. The third-order valence-corrected chi connectivity index (χ3v) is 5.03. The fourth-order valence-electron chi connectivity index (χ4n) is 2.70. The first-order valence-corrected chi connectivity index (χ1v) is 7.75. The smallest absolute Gasteiger partial charge is 0.256 e. The molecule has 1 aromatic rings. The van der Waals surface area contributed by atoms with E-state index in [0.29, 0.717) is 15.4 Å². The maximum atomic E-state index is 12.0. The number of ether oxygens (including phenoxy) is 1. The molecule has 1 aromatic heterocycles. The van der Waals surface area contributed by atoms with Crippen LogP contribution in [-0.2, 0) is 4.74 Å². The van der Waals surface area contributed by atoms with Crippen molar-refractivity contribution in [1.29, 1.82) is 0 Å². The van der Waals surface area contributed by atoms with Crippen molar-refractivity contribution >= 4 is 33.7 Å². The Kier molecular flexibility index (Phi) is 4.84. The molecule has 1 saturated carbocycles. The average Bonchev–Trinajstić information content (AvgIpc) is 3.03. The van der Waals surface area contributed by atoms with Crippen molar-refractivity contribution in [3.05, 3.63) is 10.4 Å². The predicted molar refractivity (Wildman–Crippen MR) is 84.2 cm³/mol. The van der Waals surface area contributed by atoms with Crippen molar-refractivity contribution < 1.29 is 14.3 Å². The Morgan fingerprint density at radius 2 is 2.10 bits per heavy atom. The maximum Gasteiger partial charge on any atom is 0.256 e. The minimum absolute atomic E-state index is 0.117. The van der Waals surface area contributed by atoms with Crippen molar-refractivity contribution in [2.75, 3.05) is 25.2 Å². The molecule has 1 fully saturated rings. The van der Waals surface area contributed by atoms with Gasteiger partial charge in [0.25, 0.3) is 5.91 Å². The summed E-state index contributed by atoms with van der Waals surface area (Å²) in [5.74, 6) is -0.420. The minimum Gasteiger partial charge on any atom is -0.397 e. The molecule has 1 aliphatic carbocycles. The quantitative estimate of drug-likeness (QED) is 0.722. The number of nitrogens with one attached hydrogen (secondary N) is 2. The van der Waals surface area contributed by atoms with Gasteiger partial charge in [0.15, 0.2) is 5.78 Å². The highest BCUT2D eigenvalue weighted by atomic mass is 32.1. The van der Waals surface area contributed by atoms with Gasteiger partial charge in [-0.1, -0.05) is 0 Å². The number of hydrogen-bond donors (Lipinski definition) is 3. The van der Waals surface area contributed by atoms with Crippen LogP contribution >= 0.6 is 11.3 Å². The average molecular weight is 311 g/mol. The summed E-state index contributed by atoms with van der Waals surface area (Å²) in [6.07, 6.45) is 3.15. The molecule has 1 aliphatic rings. The Morgan fingerprint density at radius 1 is 1.38 bits per heavy atom. The van der Waals surface area contributed by atoms with Gasteiger partial charge in [-0.25, -0.2) is 0 Å². The molecule has 1 amide bonds. The lowest BCUT2D eigenvalue weighted by atomic mass is 10.1. The van der Waals surface area contributed by atoms with Crippen molar-refractivity contribution in [3.8, 4) is 0 Å². The zero-order chi connectivity index (χ0) is 15.6. The van der Waals surface area contributed by atoms with E-state index in [-0.39, 0.29) is 29.5 Å². The predicted octanol–water partition coefficient (Wildman–Crippen LogP) is 1.87. The molecule has 21 heavy (non-hydrogen) atoms. The highest BCUT2D eigenvalue weighted by molar-refractivity contribution is 7.19. The molecule has 7 heteroatoms. The highest BCUT2D eigenvalue weighted by Gasteiger charge is 2.30. The minimum atomic E-state index is -0.286. The summed E-state index contributed by atoms with van der Waals surface area (Å²) in [6, 6.07) is 0.135. The van der Waals surface area contributed by atoms with Gasteiger partial charge in [0.1, 0.15) is 5.00 Å². The van der Waals surface area contributed by atoms with Gasteiger partial charge in [-0.05, 0) is 19.3 Å². The third-order valence-electron chi connectivity index (χ3n) is 3.79. The van der Waals surface area contributed by atoms with Gasteiger partial charge in [0.2, 0.25) is 0 Å². The van der Waals surface area contributed by atoms with Gasteiger partial charge in [0, 0.05) is 21.1 Å². The third kappa shape index (κ3) is 3.03. The second kappa shape index (κ2) is 6.44. The molecule has 2 atom stereocenters. The van der Waals surface area contributed by atoms with E-state index >= 15 is 0 Å². The number of nitrogen functional groups attached to an aromatic ring is 1. The summed E-state index contributed by atoms with van der Waals surface area (Å²) < 4.78 is 5.45. The number of amides is 1. The standard InChI is InChI=1S/C14H21N3O3S/c1-7(18)12-11(15)10(13(19)16-2)14(21-12)17-8-5-4-6-9(8)20-3/h8-9,17H,4-6,15H2,1-3H3,(H,16,19). The molecule has 0 spiro atoms. The van der Waals surface area contributed by atoms with Gasteiger partial charge in [-0.15, -0.1) is 11.3 Å². The van der Waals surface area contributed by atoms with Gasteiger partial charge in [0.05, 0.1) is 28.3 Å². The van der Waals surface area contributed by atoms with Crippen LogP contribution in [0.1, 0.15) is 46.2 Å².